The molecule has 0 saturated carbocycles. The quantitative estimate of drug-likeness (QED) is 0.609. The molecule has 2 saturated heterocycles. The van der Waals surface area contributed by atoms with Gasteiger partial charge in [-0.05, 0) is 64.5 Å². The van der Waals surface area contributed by atoms with Gasteiger partial charge in [-0.2, -0.15) is 0 Å². The van der Waals surface area contributed by atoms with Crippen molar-refractivity contribution in [3.63, 3.8) is 0 Å². The normalized spacial score (nSPS) is 30.7. The fourth-order valence-corrected chi connectivity index (χ4v) is 4.60. The fourth-order valence-electron chi connectivity index (χ4n) is 4.60. The van der Waals surface area contributed by atoms with Gasteiger partial charge in [0.25, 0.3) is 0 Å². The second-order valence-corrected chi connectivity index (χ2v) is 7.64. The highest BCUT2D eigenvalue weighted by Gasteiger charge is 2.49. The van der Waals surface area contributed by atoms with E-state index < -0.39 is 5.54 Å². The summed E-state index contributed by atoms with van der Waals surface area (Å²) in [6, 6.07) is -0.119. The van der Waals surface area contributed by atoms with Gasteiger partial charge in [0.05, 0.1) is 6.61 Å². The molecule has 0 aliphatic carbocycles. The average Bonchev–Trinajstić information content (AvgIpc) is 2.62. The van der Waals surface area contributed by atoms with Crippen molar-refractivity contribution in [3.05, 3.63) is 0 Å². The minimum Gasteiger partial charge on any atom is -0.396 e. The second-order valence-electron chi connectivity index (χ2n) is 7.64. The third-order valence-corrected chi connectivity index (χ3v) is 6.24. The fraction of sp³-hybridized carbons (Fsp3) is 0.944. The summed E-state index contributed by atoms with van der Waals surface area (Å²) >= 11 is 0. The number of aliphatic hydroxyl groups excluding tert-OH is 3. The number of carbonyl (C=O) groups is 1. The Bertz CT molecular complexity index is 420. The van der Waals surface area contributed by atoms with Crippen LogP contribution in [0.25, 0.3) is 0 Å². The molecular weight excluding hydrogens is 308 g/mol. The van der Waals surface area contributed by atoms with Gasteiger partial charge < -0.3 is 15.3 Å². The minimum atomic E-state index is -0.925. The standard InChI is InChI=1S/C18H34N2O4/c1-14(19-7-3-5-16(9-19)11-21)18(13-23,15(2)24)20-8-4-6-17(10-20)12-22/h14,16-17,21-23H,3-13H2,1-2H3. The summed E-state index contributed by atoms with van der Waals surface area (Å²) in [5, 5.41) is 29.3. The van der Waals surface area contributed by atoms with E-state index in [1.165, 1.54) is 0 Å². The molecule has 4 atom stereocenters. The van der Waals surface area contributed by atoms with Crippen molar-refractivity contribution in [2.45, 2.75) is 51.1 Å². The van der Waals surface area contributed by atoms with Crippen LogP contribution >= 0.6 is 0 Å². The Balaban J connectivity index is 2.24. The number of carbonyl (C=O) groups excluding carboxylic acids is 1. The molecule has 2 heterocycles. The molecule has 6 nitrogen and oxygen atoms in total. The molecule has 2 aliphatic rings. The molecule has 2 fully saturated rings. The smallest absolute Gasteiger partial charge is 0.153 e. The lowest BCUT2D eigenvalue weighted by Crippen LogP contribution is -2.69. The molecule has 6 heteroatoms. The lowest BCUT2D eigenvalue weighted by molar-refractivity contribution is -0.142. The van der Waals surface area contributed by atoms with Gasteiger partial charge >= 0.3 is 0 Å². The monoisotopic (exact) mass is 342 g/mol. The Morgan fingerprint density at radius 3 is 2.21 bits per heavy atom. The summed E-state index contributed by atoms with van der Waals surface area (Å²) in [6.45, 7) is 6.78. The molecule has 0 aromatic heterocycles. The van der Waals surface area contributed by atoms with Gasteiger partial charge in [0, 0.05) is 32.3 Å². The Hall–Kier alpha value is -0.530. The number of hydrogen-bond donors (Lipinski definition) is 3. The first-order valence-corrected chi connectivity index (χ1v) is 9.32. The van der Waals surface area contributed by atoms with Crippen LogP contribution in [0.3, 0.4) is 0 Å². The number of likely N-dealkylation sites (tertiary alicyclic amines) is 2. The van der Waals surface area contributed by atoms with Gasteiger partial charge in [-0.15, -0.1) is 0 Å². The van der Waals surface area contributed by atoms with E-state index in [0.29, 0.717) is 6.54 Å². The molecule has 0 radical (unpaired) electrons. The Morgan fingerprint density at radius 1 is 1.08 bits per heavy atom. The SMILES string of the molecule is CC(=O)C(CO)(C(C)N1CCCC(CO)C1)N1CCCC(CO)C1. The van der Waals surface area contributed by atoms with Gasteiger partial charge in [0.1, 0.15) is 5.54 Å². The zero-order valence-electron chi connectivity index (χ0n) is 15.2. The number of piperidine rings is 2. The van der Waals surface area contributed by atoms with Crippen molar-refractivity contribution < 1.29 is 20.1 Å². The van der Waals surface area contributed by atoms with Crippen LogP contribution in [-0.2, 0) is 4.79 Å². The third kappa shape index (κ3) is 3.83. The number of nitrogens with zero attached hydrogens (tertiary/aromatic N) is 2. The zero-order valence-corrected chi connectivity index (χ0v) is 15.2. The molecule has 0 aromatic carbocycles. The van der Waals surface area contributed by atoms with E-state index >= 15 is 0 Å². The van der Waals surface area contributed by atoms with Crippen LogP contribution in [0, 0.1) is 11.8 Å². The number of ketones is 1. The van der Waals surface area contributed by atoms with Gasteiger partial charge in [-0.25, -0.2) is 0 Å². The number of hydrogen-bond acceptors (Lipinski definition) is 6. The maximum atomic E-state index is 12.7. The van der Waals surface area contributed by atoms with Gasteiger partial charge in [0.2, 0.25) is 0 Å². The van der Waals surface area contributed by atoms with E-state index in [9.17, 15) is 20.1 Å². The van der Waals surface area contributed by atoms with E-state index in [1.54, 1.807) is 6.92 Å². The number of Topliss-reactive ketones (excluding diaryl/α,β-unsaturated/α-hetero) is 1. The average molecular weight is 342 g/mol. The highest BCUT2D eigenvalue weighted by molar-refractivity contribution is 5.87. The molecular formula is C18H34N2O4. The van der Waals surface area contributed by atoms with Crippen LogP contribution in [0.1, 0.15) is 39.5 Å². The molecule has 4 unspecified atom stereocenters. The van der Waals surface area contributed by atoms with E-state index in [4.69, 9.17) is 0 Å². The molecule has 2 rings (SSSR count). The summed E-state index contributed by atoms with van der Waals surface area (Å²) in [5.74, 6) is 0.404. The van der Waals surface area contributed by atoms with Crippen molar-refractivity contribution >= 4 is 5.78 Å². The maximum absolute atomic E-state index is 12.7. The van der Waals surface area contributed by atoms with Crippen LogP contribution in [0.2, 0.25) is 0 Å². The summed E-state index contributed by atoms with van der Waals surface area (Å²) in [5.41, 5.74) is -0.925. The lowest BCUT2D eigenvalue weighted by atomic mass is 9.80. The van der Waals surface area contributed by atoms with Crippen molar-refractivity contribution in [1.29, 1.82) is 0 Å². The predicted molar refractivity (Wildman–Crippen MR) is 92.7 cm³/mol. The number of aliphatic hydroxyl groups is 3. The molecule has 2 aliphatic heterocycles. The van der Waals surface area contributed by atoms with E-state index in [-0.39, 0.29) is 43.5 Å². The summed E-state index contributed by atoms with van der Waals surface area (Å²) in [4.78, 5) is 17.0. The molecule has 140 valence electrons. The molecule has 3 N–H and O–H groups in total. The lowest BCUT2D eigenvalue weighted by Gasteiger charge is -2.52. The van der Waals surface area contributed by atoms with Crippen molar-refractivity contribution in [2.24, 2.45) is 11.8 Å². The van der Waals surface area contributed by atoms with Crippen LogP contribution in [0.15, 0.2) is 0 Å². The van der Waals surface area contributed by atoms with E-state index in [2.05, 4.69) is 9.80 Å². The molecule has 0 bridgehead atoms. The predicted octanol–water partition coefficient (Wildman–Crippen LogP) is 0.104. The Labute approximate surface area is 145 Å². The molecule has 0 aromatic rings. The van der Waals surface area contributed by atoms with Crippen molar-refractivity contribution in [1.82, 2.24) is 9.80 Å². The largest absolute Gasteiger partial charge is 0.396 e. The Morgan fingerprint density at radius 2 is 1.67 bits per heavy atom. The maximum Gasteiger partial charge on any atom is 0.153 e. The van der Waals surface area contributed by atoms with Crippen molar-refractivity contribution in [3.8, 4) is 0 Å². The van der Waals surface area contributed by atoms with Crippen LogP contribution in [0.4, 0.5) is 0 Å². The minimum absolute atomic E-state index is 0.0118. The van der Waals surface area contributed by atoms with Gasteiger partial charge in [0.15, 0.2) is 5.78 Å². The molecule has 0 spiro atoms. The Kier molecular flexibility index (Phi) is 7.19. The van der Waals surface area contributed by atoms with Crippen LogP contribution in [-0.4, -0.2) is 88.5 Å². The van der Waals surface area contributed by atoms with Crippen LogP contribution in [0.5, 0.6) is 0 Å². The van der Waals surface area contributed by atoms with Crippen LogP contribution < -0.4 is 0 Å². The highest BCUT2D eigenvalue weighted by atomic mass is 16.3. The molecule has 24 heavy (non-hydrogen) atoms. The summed E-state index contributed by atoms with van der Waals surface area (Å²) < 4.78 is 0. The topological polar surface area (TPSA) is 84.2 Å². The third-order valence-electron chi connectivity index (χ3n) is 6.24. The highest BCUT2D eigenvalue weighted by Crippen LogP contribution is 2.32. The van der Waals surface area contributed by atoms with Gasteiger partial charge in [-0.1, -0.05) is 0 Å². The molecule has 0 amide bonds. The zero-order chi connectivity index (χ0) is 17.7. The number of rotatable bonds is 7. The first kappa shape index (κ1) is 19.8. The second kappa shape index (κ2) is 8.72. The van der Waals surface area contributed by atoms with Crippen molar-refractivity contribution in [2.75, 3.05) is 46.0 Å². The van der Waals surface area contributed by atoms with Gasteiger partial charge in [-0.3, -0.25) is 14.6 Å². The summed E-state index contributed by atoms with van der Waals surface area (Å²) in [7, 11) is 0. The van der Waals surface area contributed by atoms with E-state index in [1.807, 2.05) is 6.92 Å². The summed E-state index contributed by atoms with van der Waals surface area (Å²) in [6.07, 6.45) is 3.93. The van der Waals surface area contributed by atoms with E-state index in [0.717, 1.165) is 45.3 Å². The first-order valence-electron chi connectivity index (χ1n) is 9.32. The first-order chi connectivity index (χ1) is 11.5.